The first-order chi connectivity index (χ1) is 14.7. The van der Waals surface area contributed by atoms with Crippen LogP contribution in [0.3, 0.4) is 0 Å². The van der Waals surface area contributed by atoms with Gasteiger partial charge >= 0.3 is 0 Å². The second-order valence-electron chi connectivity index (χ2n) is 7.46. The molecule has 1 saturated heterocycles. The molecule has 168 valence electrons. The average Bonchev–Trinajstić information content (AvgIpc) is 2.76. The molecule has 0 saturated carbocycles. The van der Waals surface area contributed by atoms with Crippen LogP contribution in [0.2, 0.25) is 5.02 Å². The summed E-state index contributed by atoms with van der Waals surface area (Å²) >= 11 is 6.13. The fourth-order valence-electron chi connectivity index (χ4n) is 3.55. The van der Waals surface area contributed by atoms with Crippen LogP contribution in [0.25, 0.3) is 0 Å². The van der Waals surface area contributed by atoms with E-state index < -0.39 is 10.0 Å². The van der Waals surface area contributed by atoms with Gasteiger partial charge in [-0.1, -0.05) is 17.7 Å². The number of halogens is 1. The molecule has 0 radical (unpaired) electrons. The van der Waals surface area contributed by atoms with E-state index in [9.17, 15) is 13.2 Å². The van der Waals surface area contributed by atoms with Gasteiger partial charge in [-0.3, -0.25) is 4.79 Å². The molecular weight excluding hydrogens is 438 g/mol. The number of carbonyl (C=O) groups is 1. The van der Waals surface area contributed by atoms with E-state index in [1.165, 1.54) is 19.2 Å². The quantitative estimate of drug-likeness (QED) is 0.628. The van der Waals surface area contributed by atoms with Gasteiger partial charge in [0, 0.05) is 43.9 Å². The molecule has 1 fully saturated rings. The Balaban J connectivity index is 1.59. The van der Waals surface area contributed by atoms with Crippen molar-refractivity contribution in [3.8, 4) is 5.75 Å². The molecule has 1 amide bonds. The molecule has 0 atom stereocenters. The molecule has 0 N–H and O–H groups in total. The number of piperazine rings is 1. The second-order valence-corrected chi connectivity index (χ2v) is 9.95. The zero-order valence-corrected chi connectivity index (χ0v) is 19.6. The number of aryl methyl sites for hydroxylation is 1. The topological polar surface area (TPSA) is 70.2 Å². The molecule has 1 aliphatic rings. The van der Waals surface area contributed by atoms with Crippen molar-refractivity contribution in [3.05, 3.63) is 53.1 Å². The van der Waals surface area contributed by atoms with Crippen LogP contribution in [0, 0.1) is 6.92 Å². The van der Waals surface area contributed by atoms with Gasteiger partial charge in [0.2, 0.25) is 15.9 Å². The molecule has 0 spiro atoms. The lowest BCUT2D eigenvalue weighted by molar-refractivity contribution is -0.131. The van der Waals surface area contributed by atoms with Crippen molar-refractivity contribution >= 4 is 33.2 Å². The van der Waals surface area contributed by atoms with Gasteiger partial charge in [0.1, 0.15) is 5.75 Å². The number of ether oxygens (including phenoxy) is 1. The second kappa shape index (κ2) is 9.89. The molecule has 2 aromatic carbocycles. The predicted molar refractivity (Wildman–Crippen MR) is 122 cm³/mol. The third-order valence-electron chi connectivity index (χ3n) is 5.35. The number of rotatable bonds is 7. The number of carbonyl (C=O) groups excluding carboxylic acids is 1. The first kappa shape index (κ1) is 23.4. The van der Waals surface area contributed by atoms with Crippen LogP contribution in [0.5, 0.6) is 5.75 Å². The molecule has 0 aliphatic carbocycles. The zero-order valence-electron chi connectivity index (χ0n) is 18.0. The van der Waals surface area contributed by atoms with Gasteiger partial charge in [-0.05, 0) is 55.8 Å². The molecular formula is C22H28ClN3O4S. The Kier molecular flexibility index (Phi) is 7.46. The summed E-state index contributed by atoms with van der Waals surface area (Å²) in [5.41, 5.74) is 2.19. The van der Waals surface area contributed by atoms with Crippen LogP contribution in [0.4, 0.5) is 5.69 Å². The maximum atomic E-state index is 12.8. The monoisotopic (exact) mass is 465 g/mol. The van der Waals surface area contributed by atoms with E-state index in [4.69, 9.17) is 16.3 Å². The molecule has 1 aliphatic heterocycles. The minimum Gasteiger partial charge on any atom is -0.494 e. The van der Waals surface area contributed by atoms with E-state index in [2.05, 4.69) is 4.90 Å². The lowest BCUT2D eigenvalue weighted by Crippen LogP contribution is -2.51. The van der Waals surface area contributed by atoms with Gasteiger partial charge in [0.25, 0.3) is 0 Å². The Morgan fingerprint density at radius 1 is 1.10 bits per heavy atom. The van der Waals surface area contributed by atoms with Crippen LogP contribution in [0.1, 0.15) is 12.5 Å². The van der Waals surface area contributed by atoms with E-state index in [0.717, 1.165) is 15.6 Å². The first-order valence-electron chi connectivity index (χ1n) is 10.2. The van der Waals surface area contributed by atoms with Crippen molar-refractivity contribution in [3.63, 3.8) is 0 Å². The highest BCUT2D eigenvalue weighted by atomic mass is 35.5. The lowest BCUT2D eigenvalue weighted by atomic mass is 10.1. The largest absolute Gasteiger partial charge is 0.494 e. The molecule has 0 bridgehead atoms. The van der Waals surface area contributed by atoms with E-state index in [-0.39, 0.29) is 17.3 Å². The van der Waals surface area contributed by atoms with Gasteiger partial charge in [-0.25, -0.2) is 8.42 Å². The third-order valence-corrected chi connectivity index (χ3v) is 7.40. The Morgan fingerprint density at radius 2 is 1.74 bits per heavy atom. The summed E-state index contributed by atoms with van der Waals surface area (Å²) in [7, 11) is -2.34. The highest BCUT2D eigenvalue weighted by Crippen LogP contribution is 2.25. The van der Waals surface area contributed by atoms with Crippen LogP contribution >= 0.6 is 11.6 Å². The SMILES string of the molecule is CCOc1ccc(S(=O)(=O)N(C)CC(=O)N2CCN(c3cc(Cl)ccc3C)CC2)cc1. The van der Waals surface area contributed by atoms with E-state index >= 15 is 0 Å². The van der Waals surface area contributed by atoms with Crippen molar-refractivity contribution < 1.29 is 17.9 Å². The highest BCUT2D eigenvalue weighted by Gasteiger charge is 2.27. The number of sulfonamides is 1. The summed E-state index contributed by atoms with van der Waals surface area (Å²) in [6.07, 6.45) is 0. The van der Waals surface area contributed by atoms with Crippen molar-refractivity contribution in [1.82, 2.24) is 9.21 Å². The molecule has 0 unspecified atom stereocenters. The van der Waals surface area contributed by atoms with E-state index in [1.54, 1.807) is 17.0 Å². The fraction of sp³-hybridized carbons (Fsp3) is 0.409. The zero-order chi connectivity index (χ0) is 22.6. The maximum Gasteiger partial charge on any atom is 0.243 e. The third kappa shape index (κ3) is 5.50. The van der Waals surface area contributed by atoms with Gasteiger partial charge in [-0.2, -0.15) is 4.31 Å². The Bertz CT molecular complexity index is 1020. The number of benzene rings is 2. The summed E-state index contributed by atoms with van der Waals surface area (Å²) < 4.78 is 32.1. The molecule has 3 rings (SSSR count). The average molecular weight is 466 g/mol. The molecule has 2 aromatic rings. The fourth-order valence-corrected chi connectivity index (χ4v) is 4.84. The van der Waals surface area contributed by atoms with E-state index in [1.807, 2.05) is 32.0 Å². The van der Waals surface area contributed by atoms with Crippen molar-refractivity contribution in [1.29, 1.82) is 0 Å². The minimum absolute atomic E-state index is 0.132. The standard InChI is InChI=1S/C22H28ClN3O4S/c1-4-30-19-7-9-20(10-8-19)31(28,29)24(3)16-22(27)26-13-11-25(12-14-26)21-15-18(23)6-5-17(21)2/h5-10,15H,4,11-14,16H2,1-3H3. The summed E-state index contributed by atoms with van der Waals surface area (Å²) in [5, 5.41) is 0.681. The van der Waals surface area contributed by atoms with Crippen LogP contribution in [0.15, 0.2) is 47.4 Å². The number of hydrogen-bond acceptors (Lipinski definition) is 5. The van der Waals surface area contributed by atoms with E-state index in [0.29, 0.717) is 43.6 Å². The number of anilines is 1. The maximum absolute atomic E-state index is 12.8. The van der Waals surface area contributed by atoms with Gasteiger partial charge in [-0.15, -0.1) is 0 Å². The molecule has 31 heavy (non-hydrogen) atoms. The summed E-state index contributed by atoms with van der Waals surface area (Å²) in [6, 6.07) is 12.0. The lowest BCUT2D eigenvalue weighted by Gasteiger charge is -2.37. The molecule has 1 heterocycles. The van der Waals surface area contributed by atoms with Gasteiger partial charge < -0.3 is 14.5 Å². The van der Waals surface area contributed by atoms with Crippen molar-refractivity contribution in [2.45, 2.75) is 18.7 Å². The van der Waals surface area contributed by atoms with Crippen molar-refractivity contribution in [2.75, 3.05) is 51.3 Å². The predicted octanol–water partition coefficient (Wildman–Crippen LogP) is 3.02. The molecule has 7 nitrogen and oxygen atoms in total. The number of hydrogen-bond donors (Lipinski definition) is 0. The Morgan fingerprint density at radius 3 is 2.35 bits per heavy atom. The van der Waals surface area contributed by atoms with Crippen molar-refractivity contribution in [2.24, 2.45) is 0 Å². The van der Waals surface area contributed by atoms with Gasteiger partial charge in [0.05, 0.1) is 18.0 Å². The Labute approximate surface area is 189 Å². The van der Waals surface area contributed by atoms with Gasteiger partial charge in [0.15, 0.2) is 0 Å². The highest BCUT2D eigenvalue weighted by molar-refractivity contribution is 7.89. The number of amides is 1. The summed E-state index contributed by atoms with van der Waals surface area (Å²) in [4.78, 5) is 16.8. The minimum atomic E-state index is -3.76. The molecule has 0 aromatic heterocycles. The Hall–Kier alpha value is -2.29. The number of likely N-dealkylation sites (N-methyl/N-ethyl adjacent to an activating group) is 1. The normalized spacial score (nSPS) is 14.7. The van der Waals surface area contributed by atoms with Crippen LogP contribution < -0.4 is 9.64 Å². The molecule has 9 heteroatoms. The summed E-state index contributed by atoms with van der Waals surface area (Å²) in [6.45, 7) is 6.59. The van der Waals surface area contributed by atoms with Crippen LogP contribution in [-0.2, 0) is 14.8 Å². The summed E-state index contributed by atoms with van der Waals surface area (Å²) in [5.74, 6) is 0.396. The van der Waals surface area contributed by atoms with Crippen LogP contribution in [-0.4, -0.2) is 69.9 Å². The smallest absolute Gasteiger partial charge is 0.243 e. The number of nitrogens with zero attached hydrogens (tertiary/aromatic N) is 3. The first-order valence-corrected chi connectivity index (χ1v) is 12.0.